The van der Waals surface area contributed by atoms with Crippen LogP contribution in [0.15, 0.2) is 18.5 Å². The van der Waals surface area contributed by atoms with Crippen molar-refractivity contribution in [3.8, 4) is 0 Å². The highest BCUT2D eigenvalue weighted by Gasteiger charge is 2.26. The van der Waals surface area contributed by atoms with Crippen molar-refractivity contribution in [2.24, 2.45) is 7.05 Å². The molecule has 0 aliphatic carbocycles. The number of imidazole rings is 1. The van der Waals surface area contributed by atoms with Gasteiger partial charge in [0, 0.05) is 43.3 Å². The van der Waals surface area contributed by atoms with Crippen LogP contribution in [0, 0.1) is 13.8 Å². The van der Waals surface area contributed by atoms with E-state index in [9.17, 15) is 0 Å². The predicted molar refractivity (Wildman–Crippen MR) is 77.3 cm³/mol. The molecule has 2 aromatic rings. The monoisotopic (exact) mass is 271 g/mol. The second kappa shape index (κ2) is 5.32. The van der Waals surface area contributed by atoms with Crippen LogP contribution < -0.4 is 0 Å². The minimum absolute atomic E-state index is 0.453. The molecule has 1 atom stereocenters. The Labute approximate surface area is 119 Å². The van der Waals surface area contributed by atoms with Crippen LogP contribution in [0.1, 0.15) is 35.4 Å². The van der Waals surface area contributed by atoms with Crippen LogP contribution in [-0.4, -0.2) is 37.5 Å². The van der Waals surface area contributed by atoms with E-state index in [0.717, 1.165) is 49.1 Å². The van der Waals surface area contributed by atoms with E-state index in [-0.39, 0.29) is 0 Å². The van der Waals surface area contributed by atoms with Gasteiger partial charge < -0.3 is 4.57 Å². The molecule has 3 rings (SSSR count). The molecule has 0 bridgehead atoms. The second-order valence-corrected chi connectivity index (χ2v) is 5.68. The van der Waals surface area contributed by atoms with Gasteiger partial charge >= 0.3 is 0 Å². The fourth-order valence-corrected chi connectivity index (χ4v) is 2.87. The molecule has 3 heterocycles. The minimum atomic E-state index is 0.453. The first-order valence-electron chi connectivity index (χ1n) is 7.12. The van der Waals surface area contributed by atoms with E-state index in [2.05, 4.69) is 24.4 Å². The van der Waals surface area contributed by atoms with Crippen LogP contribution in [0.25, 0.3) is 0 Å². The van der Waals surface area contributed by atoms with Crippen LogP contribution in [-0.2, 0) is 13.6 Å². The van der Waals surface area contributed by atoms with E-state index in [1.165, 1.54) is 0 Å². The van der Waals surface area contributed by atoms with Gasteiger partial charge in [-0.15, -0.1) is 0 Å². The molecule has 5 nitrogen and oxygen atoms in total. The van der Waals surface area contributed by atoms with Gasteiger partial charge in [-0.25, -0.2) is 15.0 Å². The maximum absolute atomic E-state index is 4.61. The molecule has 5 heteroatoms. The molecular weight excluding hydrogens is 250 g/mol. The van der Waals surface area contributed by atoms with E-state index in [4.69, 9.17) is 0 Å². The van der Waals surface area contributed by atoms with Gasteiger partial charge in [0.15, 0.2) is 0 Å². The predicted octanol–water partition coefficient (Wildman–Crippen LogP) is 1.82. The fourth-order valence-electron chi connectivity index (χ4n) is 2.87. The van der Waals surface area contributed by atoms with Crippen LogP contribution in [0.2, 0.25) is 0 Å². The lowest BCUT2D eigenvalue weighted by atomic mass is 10.1. The number of aryl methyl sites for hydroxylation is 3. The van der Waals surface area contributed by atoms with Crippen LogP contribution in [0.3, 0.4) is 0 Å². The summed E-state index contributed by atoms with van der Waals surface area (Å²) >= 11 is 0. The van der Waals surface area contributed by atoms with Crippen LogP contribution in [0.5, 0.6) is 0 Å². The molecule has 1 aliphatic rings. The lowest BCUT2D eigenvalue weighted by Gasteiger charge is -2.15. The Bertz CT molecular complexity index is 584. The molecule has 106 valence electrons. The third-order valence-electron chi connectivity index (χ3n) is 3.92. The fraction of sp³-hybridized carbons (Fsp3) is 0.533. The average molecular weight is 271 g/mol. The van der Waals surface area contributed by atoms with Crippen molar-refractivity contribution in [1.29, 1.82) is 0 Å². The Hall–Kier alpha value is -1.75. The second-order valence-electron chi connectivity index (χ2n) is 5.68. The number of nitrogens with zero attached hydrogens (tertiary/aromatic N) is 5. The van der Waals surface area contributed by atoms with Crippen molar-refractivity contribution in [2.75, 3.05) is 13.1 Å². The first-order chi connectivity index (χ1) is 9.61. The van der Waals surface area contributed by atoms with Crippen molar-refractivity contribution in [2.45, 2.75) is 32.7 Å². The van der Waals surface area contributed by atoms with Gasteiger partial charge in [-0.3, -0.25) is 4.90 Å². The highest BCUT2D eigenvalue weighted by atomic mass is 15.2. The summed E-state index contributed by atoms with van der Waals surface area (Å²) in [7, 11) is 2.04. The topological polar surface area (TPSA) is 46.8 Å². The lowest BCUT2D eigenvalue weighted by Crippen LogP contribution is -2.22. The standard InChI is InChI=1S/C15H21N5/c1-11-8-12(2)18-15(17-11)13-4-6-20(9-13)10-14-16-5-7-19(14)3/h5,7-8,13H,4,6,9-10H2,1-3H3. The summed E-state index contributed by atoms with van der Waals surface area (Å²) < 4.78 is 2.08. The van der Waals surface area contributed by atoms with Gasteiger partial charge in [0.05, 0.1) is 6.54 Å². The Morgan fingerprint density at radius 2 is 2.00 bits per heavy atom. The number of hydrogen-bond acceptors (Lipinski definition) is 4. The van der Waals surface area contributed by atoms with Crippen molar-refractivity contribution in [3.05, 3.63) is 41.5 Å². The van der Waals surface area contributed by atoms with Gasteiger partial charge in [-0.2, -0.15) is 0 Å². The van der Waals surface area contributed by atoms with Gasteiger partial charge in [0.25, 0.3) is 0 Å². The van der Waals surface area contributed by atoms with Crippen molar-refractivity contribution >= 4 is 0 Å². The summed E-state index contributed by atoms with van der Waals surface area (Å²) in [5.74, 6) is 2.57. The largest absolute Gasteiger partial charge is 0.337 e. The molecule has 1 aliphatic heterocycles. The summed E-state index contributed by atoms with van der Waals surface area (Å²) in [5.41, 5.74) is 2.13. The van der Waals surface area contributed by atoms with Gasteiger partial charge in [0.1, 0.15) is 11.6 Å². The van der Waals surface area contributed by atoms with Crippen molar-refractivity contribution < 1.29 is 0 Å². The van der Waals surface area contributed by atoms with Crippen molar-refractivity contribution in [1.82, 2.24) is 24.4 Å². The Morgan fingerprint density at radius 3 is 2.65 bits per heavy atom. The molecular formula is C15H21N5. The van der Waals surface area contributed by atoms with E-state index >= 15 is 0 Å². The average Bonchev–Trinajstić information content (AvgIpc) is 2.99. The lowest BCUT2D eigenvalue weighted by molar-refractivity contribution is 0.313. The quantitative estimate of drug-likeness (QED) is 0.854. The summed E-state index contributed by atoms with van der Waals surface area (Å²) in [6.45, 7) is 7.10. The number of aromatic nitrogens is 4. The van der Waals surface area contributed by atoms with Crippen LogP contribution >= 0.6 is 0 Å². The zero-order valence-electron chi connectivity index (χ0n) is 12.4. The third-order valence-corrected chi connectivity index (χ3v) is 3.92. The van der Waals surface area contributed by atoms with Crippen molar-refractivity contribution in [3.63, 3.8) is 0 Å². The van der Waals surface area contributed by atoms with E-state index in [1.54, 1.807) is 0 Å². The molecule has 0 spiro atoms. The molecule has 0 saturated carbocycles. The molecule has 0 amide bonds. The van der Waals surface area contributed by atoms with Gasteiger partial charge in [-0.05, 0) is 32.9 Å². The summed E-state index contributed by atoms with van der Waals surface area (Å²) in [4.78, 5) is 16.0. The minimum Gasteiger partial charge on any atom is -0.337 e. The van der Waals surface area contributed by atoms with E-state index < -0.39 is 0 Å². The molecule has 0 aromatic carbocycles. The zero-order valence-corrected chi connectivity index (χ0v) is 12.4. The molecule has 1 unspecified atom stereocenters. The Kier molecular flexibility index (Phi) is 3.53. The Balaban J connectivity index is 1.69. The molecule has 1 saturated heterocycles. The van der Waals surface area contributed by atoms with Crippen LogP contribution in [0.4, 0.5) is 0 Å². The molecule has 0 radical (unpaired) electrons. The third kappa shape index (κ3) is 2.72. The van der Waals surface area contributed by atoms with Gasteiger partial charge in [-0.1, -0.05) is 0 Å². The molecule has 1 fully saturated rings. The number of hydrogen-bond donors (Lipinski definition) is 0. The highest BCUT2D eigenvalue weighted by molar-refractivity contribution is 5.12. The normalized spacial score (nSPS) is 19.6. The van der Waals surface area contributed by atoms with E-state index in [1.807, 2.05) is 39.4 Å². The number of rotatable bonds is 3. The smallest absolute Gasteiger partial charge is 0.133 e. The maximum Gasteiger partial charge on any atom is 0.133 e. The molecule has 20 heavy (non-hydrogen) atoms. The SMILES string of the molecule is Cc1cc(C)nc(C2CCN(Cc3nccn3C)C2)n1. The first-order valence-corrected chi connectivity index (χ1v) is 7.12. The first kappa shape index (κ1) is 13.2. The summed E-state index contributed by atoms with van der Waals surface area (Å²) in [5, 5.41) is 0. The zero-order chi connectivity index (χ0) is 14.1. The molecule has 0 N–H and O–H groups in total. The number of likely N-dealkylation sites (tertiary alicyclic amines) is 1. The van der Waals surface area contributed by atoms with Gasteiger partial charge in [0.2, 0.25) is 0 Å². The molecule has 2 aromatic heterocycles. The Morgan fingerprint density at radius 1 is 1.25 bits per heavy atom. The summed E-state index contributed by atoms with van der Waals surface area (Å²) in [6, 6.07) is 2.03. The van der Waals surface area contributed by atoms with E-state index in [0.29, 0.717) is 5.92 Å². The maximum atomic E-state index is 4.61. The summed E-state index contributed by atoms with van der Waals surface area (Å²) in [6.07, 6.45) is 4.99. The highest BCUT2D eigenvalue weighted by Crippen LogP contribution is 2.25.